The summed E-state index contributed by atoms with van der Waals surface area (Å²) in [5.41, 5.74) is 1.94. The molecule has 0 bridgehead atoms. The summed E-state index contributed by atoms with van der Waals surface area (Å²) in [6, 6.07) is 3.18. The summed E-state index contributed by atoms with van der Waals surface area (Å²) in [5.74, 6) is 4.65. The zero-order chi connectivity index (χ0) is 9.84. The molecule has 4 heteroatoms. The molecule has 72 valence electrons. The summed E-state index contributed by atoms with van der Waals surface area (Å²) in [7, 11) is 0. The Morgan fingerprint density at radius 1 is 1.54 bits per heavy atom. The summed E-state index contributed by atoms with van der Waals surface area (Å²) in [5, 5.41) is 0. The van der Waals surface area contributed by atoms with E-state index in [0.29, 0.717) is 17.5 Å². The van der Waals surface area contributed by atoms with E-state index in [-0.39, 0.29) is 5.82 Å². The molecular weight excluding hydrogens is 237 g/mol. The Labute approximate surface area is 85.0 Å². The number of nitrogens with two attached hydrogens (primary N) is 1. The summed E-state index contributed by atoms with van der Waals surface area (Å²) < 4.78 is 13.6. The van der Waals surface area contributed by atoms with E-state index in [0.717, 1.165) is 11.1 Å². The van der Waals surface area contributed by atoms with Crippen LogP contribution in [0, 0.1) is 12.7 Å². The van der Waals surface area contributed by atoms with E-state index in [2.05, 4.69) is 20.8 Å². The number of halogens is 2. The molecule has 0 aliphatic rings. The Morgan fingerprint density at radius 3 is 2.85 bits per heavy atom. The van der Waals surface area contributed by atoms with Gasteiger partial charge in [-0.2, -0.15) is 0 Å². The van der Waals surface area contributed by atoms with Gasteiger partial charge < -0.3 is 4.84 Å². The first-order valence-electron chi connectivity index (χ1n) is 3.92. The molecule has 0 heterocycles. The molecule has 0 aliphatic carbocycles. The average molecular weight is 248 g/mol. The van der Waals surface area contributed by atoms with Crippen LogP contribution in [0.3, 0.4) is 0 Å². The van der Waals surface area contributed by atoms with Gasteiger partial charge in [-0.1, -0.05) is 6.07 Å². The molecule has 2 nitrogen and oxygen atoms in total. The molecule has 0 aliphatic heterocycles. The quantitative estimate of drug-likeness (QED) is 0.833. The van der Waals surface area contributed by atoms with E-state index in [4.69, 9.17) is 5.90 Å². The number of hydrogen-bond acceptors (Lipinski definition) is 2. The second-order valence-corrected chi connectivity index (χ2v) is 3.57. The van der Waals surface area contributed by atoms with Crippen molar-refractivity contribution < 1.29 is 9.23 Å². The second-order valence-electron chi connectivity index (χ2n) is 2.78. The van der Waals surface area contributed by atoms with Crippen molar-refractivity contribution in [2.45, 2.75) is 13.3 Å². The van der Waals surface area contributed by atoms with Crippen molar-refractivity contribution in [3.05, 3.63) is 33.5 Å². The normalized spacial score (nSPS) is 10.5. The minimum Gasteiger partial charge on any atom is -0.304 e. The van der Waals surface area contributed by atoms with Gasteiger partial charge in [-0.05, 0) is 46.5 Å². The Balaban J connectivity index is 2.96. The first kappa shape index (κ1) is 10.6. The Morgan fingerprint density at radius 2 is 2.23 bits per heavy atom. The maximum Gasteiger partial charge on any atom is 0.137 e. The monoisotopic (exact) mass is 247 g/mol. The van der Waals surface area contributed by atoms with E-state index in [1.807, 2.05) is 6.92 Å². The fourth-order valence-electron chi connectivity index (χ4n) is 1.16. The predicted octanol–water partition coefficient (Wildman–Crippen LogP) is 2.33. The number of benzene rings is 1. The lowest BCUT2D eigenvalue weighted by Crippen LogP contribution is -2.05. The molecule has 2 N–H and O–H groups in total. The minimum atomic E-state index is -0.252. The zero-order valence-corrected chi connectivity index (χ0v) is 8.90. The van der Waals surface area contributed by atoms with Gasteiger partial charge >= 0.3 is 0 Å². The van der Waals surface area contributed by atoms with Gasteiger partial charge in [0.1, 0.15) is 5.82 Å². The highest BCUT2D eigenvalue weighted by atomic mass is 79.9. The molecule has 1 rings (SSSR count). The SMILES string of the molecule is Cc1ccc(F)c(Br)c1CCON. The van der Waals surface area contributed by atoms with Gasteiger partial charge in [0.15, 0.2) is 0 Å². The van der Waals surface area contributed by atoms with E-state index in [1.54, 1.807) is 6.07 Å². The number of hydrogen-bond donors (Lipinski definition) is 1. The van der Waals surface area contributed by atoms with Crippen LogP contribution >= 0.6 is 15.9 Å². The second kappa shape index (κ2) is 4.69. The van der Waals surface area contributed by atoms with E-state index in [9.17, 15) is 4.39 Å². The van der Waals surface area contributed by atoms with E-state index < -0.39 is 0 Å². The van der Waals surface area contributed by atoms with Crippen LogP contribution < -0.4 is 5.90 Å². The molecule has 0 aromatic heterocycles. The first-order chi connectivity index (χ1) is 6.16. The summed E-state index contributed by atoms with van der Waals surface area (Å²) in [4.78, 5) is 4.45. The van der Waals surface area contributed by atoms with Crippen molar-refractivity contribution >= 4 is 15.9 Å². The predicted molar refractivity (Wildman–Crippen MR) is 52.7 cm³/mol. The first-order valence-corrected chi connectivity index (χ1v) is 4.71. The lowest BCUT2D eigenvalue weighted by Gasteiger charge is -2.08. The van der Waals surface area contributed by atoms with Crippen LogP contribution in [0.2, 0.25) is 0 Å². The summed E-state index contributed by atoms with van der Waals surface area (Å²) >= 11 is 3.19. The van der Waals surface area contributed by atoms with Crippen molar-refractivity contribution in [3.8, 4) is 0 Å². The van der Waals surface area contributed by atoms with Gasteiger partial charge in [-0.3, -0.25) is 0 Å². The highest BCUT2D eigenvalue weighted by Gasteiger charge is 2.07. The zero-order valence-electron chi connectivity index (χ0n) is 7.31. The van der Waals surface area contributed by atoms with Crippen LogP contribution in [0.5, 0.6) is 0 Å². The van der Waals surface area contributed by atoms with Crippen LogP contribution in [0.1, 0.15) is 11.1 Å². The Hall–Kier alpha value is -0.450. The third kappa shape index (κ3) is 2.49. The number of rotatable bonds is 3. The number of aryl methyl sites for hydroxylation is 1. The Kier molecular flexibility index (Phi) is 3.84. The van der Waals surface area contributed by atoms with Crippen molar-refractivity contribution in [1.82, 2.24) is 0 Å². The van der Waals surface area contributed by atoms with Crippen molar-refractivity contribution in [1.29, 1.82) is 0 Å². The van der Waals surface area contributed by atoms with Crippen LogP contribution in [-0.4, -0.2) is 6.61 Å². The highest BCUT2D eigenvalue weighted by molar-refractivity contribution is 9.10. The lowest BCUT2D eigenvalue weighted by atomic mass is 10.1. The molecule has 13 heavy (non-hydrogen) atoms. The molecule has 0 spiro atoms. The largest absolute Gasteiger partial charge is 0.304 e. The van der Waals surface area contributed by atoms with E-state index >= 15 is 0 Å². The van der Waals surface area contributed by atoms with Gasteiger partial charge in [0, 0.05) is 0 Å². The van der Waals surface area contributed by atoms with Crippen molar-refractivity contribution in [2.24, 2.45) is 5.90 Å². The standard InChI is InChI=1S/C9H11BrFNO/c1-6-2-3-8(11)9(10)7(6)4-5-13-12/h2-3H,4-5,12H2,1H3. The topological polar surface area (TPSA) is 35.2 Å². The van der Waals surface area contributed by atoms with E-state index in [1.165, 1.54) is 6.07 Å². The molecule has 1 aromatic rings. The van der Waals surface area contributed by atoms with Gasteiger partial charge in [0.05, 0.1) is 11.1 Å². The molecule has 0 saturated carbocycles. The van der Waals surface area contributed by atoms with Crippen molar-refractivity contribution in [2.75, 3.05) is 6.61 Å². The van der Waals surface area contributed by atoms with Crippen LogP contribution in [-0.2, 0) is 11.3 Å². The fraction of sp³-hybridized carbons (Fsp3) is 0.333. The highest BCUT2D eigenvalue weighted by Crippen LogP contribution is 2.24. The molecule has 0 amide bonds. The Bertz CT molecular complexity index is 304. The van der Waals surface area contributed by atoms with Crippen LogP contribution in [0.25, 0.3) is 0 Å². The molecule has 0 saturated heterocycles. The van der Waals surface area contributed by atoms with Gasteiger partial charge in [0.2, 0.25) is 0 Å². The summed E-state index contributed by atoms with van der Waals surface area (Å²) in [6.45, 7) is 2.32. The molecule has 1 aromatic carbocycles. The summed E-state index contributed by atoms with van der Waals surface area (Å²) in [6.07, 6.45) is 0.612. The van der Waals surface area contributed by atoms with Crippen LogP contribution in [0.15, 0.2) is 16.6 Å². The van der Waals surface area contributed by atoms with Crippen molar-refractivity contribution in [3.63, 3.8) is 0 Å². The average Bonchev–Trinajstić information content (AvgIpc) is 2.12. The molecule has 0 unspecified atom stereocenters. The minimum absolute atomic E-state index is 0.252. The molecule has 0 radical (unpaired) electrons. The maximum atomic E-state index is 13.1. The molecule has 0 fully saturated rings. The third-order valence-corrected chi connectivity index (χ3v) is 2.76. The smallest absolute Gasteiger partial charge is 0.137 e. The fourth-order valence-corrected chi connectivity index (χ4v) is 1.80. The van der Waals surface area contributed by atoms with Gasteiger partial charge in [-0.25, -0.2) is 10.3 Å². The maximum absolute atomic E-state index is 13.1. The van der Waals surface area contributed by atoms with Gasteiger partial charge in [0.25, 0.3) is 0 Å². The molecule has 0 atom stereocenters. The molecular formula is C9H11BrFNO. The van der Waals surface area contributed by atoms with Crippen LogP contribution in [0.4, 0.5) is 4.39 Å². The van der Waals surface area contributed by atoms with Gasteiger partial charge in [-0.15, -0.1) is 0 Å². The lowest BCUT2D eigenvalue weighted by molar-refractivity contribution is 0.141. The third-order valence-electron chi connectivity index (χ3n) is 1.90.